The van der Waals surface area contributed by atoms with Crippen molar-refractivity contribution in [3.8, 4) is 0 Å². The largest absolute Gasteiger partial charge is 0.294 e. The number of carbonyl (C=O) groups is 2. The average Bonchev–Trinajstić information content (AvgIpc) is 2.32. The van der Waals surface area contributed by atoms with Crippen LogP contribution >= 0.6 is 10.9 Å². The molecule has 1 aliphatic rings. The zero-order valence-corrected chi connectivity index (χ0v) is 12.1. The lowest BCUT2D eigenvalue weighted by molar-refractivity contribution is 0.101. The van der Waals surface area contributed by atoms with Crippen LogP contribution in [0.5, 0.6) is 0 Å². The number of ketones is 2. The van der Waals surface area contributed by atoms with Gasteiger partial charge in [-0.1, -0.05) is 6.92 Å². The van der Waals surface area contributed by atoms with Crippen molar-refractivity contribution in [3.05, 3.63) is 39.8 Å². The third kappa shape index (κ3) is 2.03. The number of rotatable bonds is 2. The van der Waals surface area contributed by atoms with Gasteiger partial charge in [0, 0.05) is 21.6 Å². The molecule has 1 heterocycles. The molecule has 1 aromatic carbocycles. The molecule has 0 amide bonds. The molecular weight excluding hydrogens is 244 g/mol. The Kier molecular flexibility index (Phi) is 3.44. The topological polar surface area (TPSA) is 34.1 Å². The average molecular weight is 262 g/mol. The first-order valence-electron chi connectivity index (χ1n) is 6.11. The van der Waals surface area contributed by atoms with E-state index in [9.17, 15) is 9.59 Å². The van der Waals surface area contributed by atoms with E-state index < -0.39 is 10.9 Å². The number of carbonyl (C=O) groups excluding carboxylic acids is 2. The number of hydrogen-bond acceptors (Lipinski definition) is 2. The molecule has 1 unspecified atom stereocenters. The molecule has 0 aromatic heterocycles. The van der Waals surface area contributed by atoms with E-state index in [0.717, 1.165) is 32.9 Å². The highest BCUT2D eigenvalue weighted by atomic mass is 32.2. The van der Waals surface area contributed by atoms with Crippen LogP contribution in [0.3, 0.4) is 0 Å². The quantitative estimate of drug-likeness (QED) is 0.651. The highest BCUT2D eigenvalue weighted by molar-refractivity contribution is 8.19. The Bertz CT molecular complexity index is 570. The van der Waals surface area contributed by atoms with Crippen molar-refractivity contribution in [2.24, 2.45) is 0 Å². The lowest BCUT2D eigenvalue weighted by Gasteiger charge is -2.27. The summed E-state index contributed by atoms with van der Waals surface area (Å²) in [6.45, 7) is 7.49. The molecular formula is C15H18O2S. The zero-order chi connectivity index (χ0) is 13.4. The summed E-state index contributed by atoms with van der Waals surface area (Å²) in [7, 11) is -0.521. The van der Waals surface area contributed by atoms with E-state index in [1.54, 1.807) is 6.92 Å². The van der Waals surface area contributed by atoms with Crippen molar-refractivity contribution in [1.82, 2.24) is 0 Å². The molecule has 0 bridgehead atoms. The number of Topliss-reactive ketones (excluding diaryl/α,β-unsaturated/α-hetero) is 2. The summed E-state index contributed by atoms with van der Waals surface area (Å²) < 4.78 is 0. The molecule has 0 aliphatic carbocycles. The zero-order valence-electron chi connectivity index (χ0n) is 11.2. The van der Waals surface area contributed by atoms with Gasteiger partial charge in [-0.2, -0.15) is 0 Å². The summed E-state index contributed by atoms with van der Waals surface area (Å²) >= 11 is 0. The highest BCUT2D eigenvalue weighted by Crippen LogP contribution is 2.47. The third-order valence-corrected chi connectivity index (χ3v) is 5.65. The van der Waals surface area contributed by atoms with Crippen LogP contribution in [0.15, 0.2) is 28.0 Å². The maximum absolute atomic E-state index is 12.2. The Labute approximate surface area is 110 Å². The van der Waals surface area contributed by atoms with E-state index in [1.165, 1.54) is 0 Å². The van der Waals surface area contributed by atoms with Gasteiger partial charge in [-0.15, -0.1) is 0 Å². The number of aryl methyl sites for hydroxylation is 1. The third-order valence-electron chi connectivity index (χ3n) is 3.21. The summed E-state index contributed by atoms with van der Waals surface area (Å²) in [6.07, 6.45) is 0. The molecule has 2 rings (SSSR count). The van der Waals surface area contributed by atoms with Crippen molar-refractivity contribution in [3.63, 3.8) is 0 Å². The Morgan fingerprint density at radius 3 is 2.50 bits per heavy atom. The second kappa shape index (κ2) is 4.73. The van der Waals surface area contributed by atoms with Gasteiger partial charge in [-0.05, 0) is 49.6 Å². The van der Waals surface area contributed by atoms with Gasteiger partial charge in [0.25, 0.3) is 0 Å². The second-order valence-electron chi connectivity index (χ2n) is 4.69. The molecule has 0 saturated carbocycles. The van der Waals surface area contributed by atoms with Gasteiger partial charge in [0.05, 0.1) is 0 Å². The Balaban J connectivity index is 2.77. The molecule has 0 spiro atoms. The minimum absolute atomic E-state index is 0.0525. The first kappa shape index (κ1) is 13.1. The smallest absolute Gasteiger partial charge is 0.190 e. The number of hydrogen-bond donors (Lipinski definition) is 1. The lowest BCUT2D eigenvalue weighted by atomic mass is 9.98. The van der Waals surface area contributed by atoms with Crippen LogP contribution in [0.25, 0.3) is 0 Å². The van der Waals surface area contributed by atoms with E-state index in [1.807, 2.05) is 26.0 Å². The predicted octanol–water partition coefficient (Wildman–Crippen LogP) is 3.68. The normalized spacial score (nSPS) is 20.3. The van der Waals surface area contributed by atoms with Gasteiger partial charge in [-0.3, -0.25) is 9.59 Å². The summed E-state index contributed by atoms with van der Waals surface area (Å²) in [5, 5.41) is 2.06. The molecule has 0 N–H and O–H groups in total. The van der Waals surface area contributed by atoms with E-state index in [2.05, 4.69) is 12.3 Å². The monoisotopic (exact) mass is 262 g/mol. The minimum atomic E-state index is -0.521. The SMILES string of the molecule is CC[SH]1C=C(C)C(=O)c2cc(C)cc(C(C)=O)c21. The van der Waals surface area contributed by atoms with Crippen LogP contribution in [-0.2, 0) is 0 Å². The molecule has 3 heteroatoms. The molecule has 18 heavy (non-hydrogen) atoms. The summed E-state index contributed by atoms with van der Waals surface area (Å²) in [5.74, 6) is 1.09. The first-order valence-corrected chi connectivity index (χ1v) is 7.70. The Morgan fingerprint density at radius 1 is 1.28 bits per heavy atom. The van der Waals surface area contributed by atoms with E-state index in [4.69, 9.17) is 0 Å². The van der Waals surface area contributed by atoms with Gasteiger partial charge >= 0.3 is 0 Å². The van der Waals surface area contributed by atoms with Crippen LogP contribution in [0.2, 0.25) is 0 Å². The van der Waals surface area contributed by atoms with E-state index in [0.29, 0.717) is 0 Å². The summed E-state index contributed by atoms with van der Waals surface area (Å²) in [6, 6.07) is 3.83. The van der Waals surface area contributed by atoms with Crippen LogP contribution in [0.4, 0.5) is 0 Å². The molecule has 1 aliphatic heterocycles. The minimum Gasteiger partial charge on any atom is -0.294 e. The summed E-state index contributed by atoms with van der Waals surface area (Å²) in [5.41, 5.74) is 3.27. The van der Waals surface area contributed by atoms with Crippen LogP contribution in [-0.4, -0.2) is 17.3 Å². The number of benzene rings is 1. The highest BCUT2D eigenvalue weighted by Gasteiger charge is 2.26. The van der Waals surface area contributed by atoms with Crippen molar-refractivity contribution in [2.75, 3.05) is 5.75 Å². The Morgan fingerprint density at radius 2 is 1.94 bits per heavy atom. The van der Waals surface area contributed by atoms with Gasteiger partial charge < -0.3 is 0 Å². The van der Waals surface area contributed by atoms with E-state index in [-0.39, 0.29) is 11.6 Å². The molecule has 1 atom stereocenters. The van der Waals surface area contributed by atoms with Gasteiger partial charge in [-0.25, -0.2) is 10.9 Å². The van der Waals surface area contributed by atoms with Crippen molar-refractivity contribution < 1.29 is 9.59 Å². The molecule has 0 fully saturated rings. The number of thiol groups is 1. The maximum atomic E-state index is 12.2. The van der Waals surface area contributed by atoms with Crippen LogP contribution in [0, 0.1) is 6.92 Å². The predicted molar refractivity (Wildman–Crippen MR) is 77.1 cm³/mol. The fourth-order valence-electron chi connectivity index (χ4n) is 2.35. The van der Waals surface area contributed by atoms with Gasteiger partial charge in [0.15, 0.2) is 11.6 Å². The number of allylic oxidation sites excluding steroid dienone is 1. The molecule has 1 aromatic rings. The first-order chi connectivity index (χ1) is 8.45. The molecule has 96 valence electrons. The molecule has 0 saturated heterocycles. The maximum Gasteiger partial charge on any atom is 0.190 e. The van der Waals surface area contributed by atoms with Gasteiger partial charge in [0.2, 0.25) is 0 Å². The Hall–Kier alpha value is -1.35. The summed E-state index contributed by atoms with van der Waals surface area (Å²) in [4.78, 5) is 25.0. The molecule has 0 radical (unpaired) electrons. The van der Waals surface area contributed by atoms with Crippen molar-refractivity contribution >= 4 is 22.5 Å². The fraction of sp³-hybridized carbons (Fsp3) is 0.333. The number of fused-ring (bicyclic) bond motifs is 1. The van der Waals surface area contributed by atoms with Crippen LogP contribution < -0.4 is 0 Å². The van der Waals surface area contributed by atoms with Crippen LogP contribution in [0.1, 0.15) is 47.1 Å². The lowest BCUT2D eigenvalue weighted by Crippen LogP contribution is -2.13. The fourth-order valence-corrected chi connectivity index (χ4v) is 4.57. The molecule has 2 nitrogen and oxygen atoms in total. The van der Waals surface area contributed by atoms with Crippen molar-refractivity contribution in [2.45, 2.75) is 32.6 Å². The van der Waals surface area contributed by atoms with Gasteiger partial charge in [0.1, 0.15) is 0 Å². The van der Waals surface area contributed by atoms with E-state index >= 15 is 0 Å². The van der Waals surface area contributed by atoms with Crippen molar-refractivity contribution in [1.29, 1.82) is 0 Å². The standard InChI is InChI=1S/C15H18O2S/c1-5-18-8-10(3)14(17)13-7-9(2)6-12(11(4)16)15(13)18/h6-8,18H,5H2,1-4H3. The second-order valence-corrected chi connectivity index (χ2v) is 6.97.